The van der Waals surface area contributed by atoms with Crippen molar-refractivity contribution in [3.63, 3.8) is 0 Å². The van der Waals surface area contributed by atoms with E-state index >= 15 is 0 Å². The van der Waals surface area contributed by atoms with E-state index in [1.54, 1.807) is 0 Å². The third-order valence-corrected chi connectivity index (χ3v) is 2.81. The van der Waals surface area contributed by atoms with Gasteiger partial charge in [-0.15, -0.1) is 0 Å². The predicted molar refractivity (Wildman–Crippen MR) is 66.8 cm³/mol. The number of hydrogen-bond acceptors (Lipinski definition) is 2. The van der Waals surface area contributed by atoms with Crippen molar-refractivity contribution < 1.29 is 0 Å². The molecule has 0 bridgehead atoms. The lowest BCUT2D eigenvalue weighted by molar-refractivity contribution is 0.784. The summed E-state index contributed by atoms with van der Waals surface area (Å²) in [5.74, 6) is 0. The number of rotatable bonds is 5. The third-order valence-electron chi connectivity index (χ3n) is 2.16. The number of unbranched alkanes of at least 4 members (excludes halogenated alkanes) is 2. The topological polar surface area (TPSA) is 35.8 Å². The lowest BCUT2D eigenvalue weighted by Gasteiger charge is -2.08. The second-order valence-corrected chi connectivity index (χ2v) is 4.38. The molecule has 0 saturated carbocycles. The molecule has 1 aromatic carbocycles. The predicted octanol–water partition coefficient (Wildman–Crippen LogP) is 3.86. The molecular weight excluding hydrogens is 252 g/mol. The zero-order chi connectivity index (χ0) is 11.1. The van der Waals surface area contributed by atoms with Crippen LogP contribution < -0.4 is 5.32 Å². The van der Waals surface area contributed by atoms with Crippen LogP contribution in [0.1, 0.15) is 24.8 Å². The molecule has 0 spiro atoms. The molecule has 0 unspecified atom stereocenters. The van der Waals surface area contributed by atoms with Crippen molar-refractivity contribution in [1.82, 2.24) is 0 Å². The molecule has 0 fully saturated rings. The minimum atomic E-state index is 0.650. The highest BCUT2D eigenvalue weighted by Gasteiger charge is 1.98. The normalized spacial score (nSPS) is 9.67. The van der Waals surface area contributed by atoms with E-state index in [1.165, 1.54) is 5.56 Å². The van der Waals surface area contributed by atoms with Crippen LogP contribution in [0.5, 0.6) is 0 Å². The SMILES string of the molecule is Cc1ccc(NCCCCC#N)c(Br)c1. The molecule has 1 N–H and O–H groups in total. The van der Waals surface area contributed by atoms with Crippen LogP contribution in [-0.4, -0.2) is 6.54 Å². The molecule has 80 valence electrons. The second kappa shape index (κ2) is 6.47. The zero-order valence-corrected chi connectivity index (χ0v) is 10.5. The first kappa shape index (κ1) is 12.1. The van der Waals surface area contributed by atoms with Crippen molar-refractivity contribution in [3.8, 4) is 6.07 Å². The largest absolute Gasteiger partial charge is 0.384 e. The molecule has 0 aliphatic heterocycles. The maximum atomic E-state index is 8.38. The molecule has 15 heavy (non-hydrogen) atoms. The van der Waals surface area contributed by atoms with Gasteiger partial charge in [0.05, 0.1) is 6.07 Å². The van der Waals surface area contributed by atoms with E-state index in [4.69, 9.17) is 5.26 Å². The standard InChI is InChI=1S/C12H15BrN2/c1-10-5-6-12(11(13)9-10)15-8-4-2-3-7-14/h5-6,9,15H,2-4,8H2,1H3. The fraction of sp³-hybridized carbons (Fsp3) is 0.417. The van der Waals surface area contributed by atoms with Gasteiger partial charge in [0, 0.05) is 23.1 Å². The van der Waals surface area contributed by atoms with E-state index in [0.29, 0.717) is 6.42 Å². The van der Waals surface area contributed by atoms with Crippen LogP contribution in [0.15, 0.2) is 22.7 Å². The molecule has 2 nitrogen and oxygen atoms in total. The van der Waals surface area contributed by atoms with E-state index in [9.17, 15) is 0 Å². The van der Waals surface area contributed by atoms with Crippen molar-refractivity contribution in [2.24, 2.45) is 0 Å². The number of benzene rings is 1. The van der Waals surface area contributed by atoms with E-state index in [2.05, 4.69) is 52.4 Å². The van der Waals surface area contributed by atoms with Gasteiger partial charge in [0.2, 0.25) is 0 Å². The van der Waals surface area contributed by atoms with Crippen molar-refractivity contribution in [2.75, 3.05) is 11.9 Å². The average Bonchev–Trinajstić information content (AvgIpc) is 2.20. The molecule has 3 heteroatoms. The quantitative estimate of drug-likeness (QED) is 0.822. The maximum absolute atomic E-state index is 8.38. The van der Waals surface area contributed by atoms with Gasteiger partial charge >= 0.3 is 0 Å². The molecule has 1 aromatic rings. The molecule has 0 aliphatic carbocycles. The van der Waals surface area contributed by atoms with Crippen molar-refractivity contribution in [2.45, 2.75) is 26.2 Å². The molecular formula is C12H15BrN2. The number of nitrogens with one attached hydrogen (secondary N) is 1. The van der Waals surface area contributed by atoms with Gasteiger partial charge in [-0.25, -0.2) is 0 Å². The lowest BCUT2D eigenvalue weighted by atomic mass is 10.2. The lowest BCUT2D eigenvalue weighted by Crippen LogP contribution is -2.01. The summed E-state index contributed by atoms with van der Waals surface area (Å²) in [6, 6.07) is 8.40. The summed E-state index contributed by atoms with van der Waals surface area (Å²) < 4.78 is 1.10. The van der Waals surface area contributed by atoms with Crippen LogP contribution in [0.2, 0.25) is 0 Å². The fourth-order valence-corrected chi connectivity index (χ4v) is 1.95. The van der Waals surface area contributed by atoms with E-state index < -0.39 is 0 Å². The number of anilines is 1. The van der Waals surface area contributed by atoms with Gasteiger partial charge in [0.15, 0.2) is 0 Å². The maximum Gasteiger partial charge on any atom is 0.0621 e. The summed E-state index contributed by atoms with van der Waals surface area (Å²) in [5, 5.41) is 11.7. The first-order chi connectivity index (χ1) is 7.24. The van der Waals surface area contributed by atoms with Crippen LogP contribution in [0.4, 0.5) is 5.69 Å². The van der Waals surface area contributed by atoms with Crippen LogP contribution in [0.25, 0.3) is 0 Å². The number of hydrogen-bond donors (Lipinski definition) is 1. The van der Waals surface area contributed by atoms with Crippen molar-refractivity contribution in [1.29, 1.82) is 5.26 Å². The highest BCUT2D eigenvalue weighted by molar-refractivity contribution is 9.10. The molecule has 0 aromatic heterocycles. The Bertz CT molecular complexity index is 355. The van der Waals surface area contributed by atoms with Crippen LogP contribution >= 0.6 is 15.9 Å². The first-order valence-electron chi connectivity index (χ1n) is 5.11. The summed E-state index contributed by atoms with van der Waals surface area (Å²) in [7, 11) is 0. The van der Waals surface area contributed by atoms with Gasteiger partial charge < -0.3 is 5.32 Å². The second-order valence-electron chi connectivity index (χ2n) is 3.53. The summed E-state index contributed by atoms with van der Waals surface area (Å²) in [4.78, 5) is 0. The van der Waals surface area contributed by atoms with Crippen LogP contribution in [0.3, 0.4) is 0 Å². The molecule has 0 aliphatic rings. The van der Waals surface area contributed by atoms with E-state index in [0.717, 1.165) is 29.5 Å². The Morgan fingerprint density at radius 2 is 2.20 bits per heavy atom. The Kier molecular flexibility index (Phi) is 5.20. The van der Waals surface area contributed by atoms with Gasteiger partial charge in [0.25, 0.3) is 0 Å². The molecule has 0 amide bonds. The Labute approximate surface area is 99.4 Å². The fourth-order valence-electron chi connectivity index (χ4n) is 1.32. The summed E-state index contributed by atoms with van der Waals surface area (Å²) in [6.45, 7) is 2.99. The summed E-state index contributed by atoms with van der Waals surface area (Å²) in [6.07, 6.45) is 2.65. The van der Waals surface area contributed by atoms with Gasteiger partial charge in [-0.3, -0.25) is 0 Å². The third kappa shape index (κ3) is 4.35. The molecule has 0 saturated heterocycles. The summed E-state index contributed by atoms with van der Waals surface area (Å²) in [5.41, 5.74) is 2.37. The van der Waals surface area contributed by atoms with Crippen LogP contribution in [-0.2, 0) is 0 Å². The number of halogens is 1. The Balaban J connectivity index is 2.35. The van der Waals surface area contributed by atoms with Crippen molar-refractivity contribution in [3.05, 3.63) is 28.2 Å². The number of aryl methyl sites for hydroxylation is 1. The Morgan fingerprint density at radius 1 is 1.40 bits per heavy atom. The van der Waals surface area contributed by atoms with Gasteiger partial charge in [-0.05, 0) is 53.4 Å². The first-order valence-corrected chi connectivity index (χ1v) is 5.90. The molecule has 0 radical (unpaired) electrons. The Morgan fingerprint density at radius 3 is 2.87 bits per heavy atom. The molecule has 0 atom stereocenters. The monoisotopic (exact) mass is 266 g/mol. The van der Waals surface area contributed by atoms with Gasteiger partial charge in [-0.2, -0.15) is 5.26 Å². The Hall–Kier alpha value is -1.01. The van der Waals surface area contributed by atoms with Gasteiger partial charge in [-0.1, -0.05) is 6.07 Å². The average molecular weight is 267 g/mol. The smallest absolute Gasteiger partial charge is 0.0621 e. The van der Waals surface area contributed by atoms with E-state index in [-0.39, 0.29) is 0 Å². The van der Waals surface area contributed by atoms with Crippen molar-refractivity contribution >= 4 is 21.6 Å². The molecule has 1 rings (SSSR count). The molecule has 0 heterocycles. The minimum Gasteiger partial charge on any atom is -0.384 e. The van der Waals surface area contributed by atoms with Crippen LogP contribution in [0, 0.1) is 18.3 Å². The van der Waals surface area contributed by atoms with Gasteiger partial charge in [0.1, 0.15) is 0 Å². The highest BCUT2D eigenvalue weighted by atomic mass is 79.9. The van der Waals surface area contributed by atoms with E-state index in [1.807, 2.05) is 0 Å². The highest BCUT2D eigenvalue weighted by Crippen LogP contribution is 2.23. The number of nitrogens with zero attached hydrogens (tertiary/aromatic N) is 1. The number of nitriles is 1. The summed E-state index contributed by atoms with van der Waals surface area (Å²) >= 11 is 3.52. The minimum absolute atomic E-state index is 0.650. The zero-order valence-electron chi connectivity index (χ0n) is 8.89.